The highest BCUT2D eigenvalue weighted by Crippen LogP contribution is 2.28. The van der Waals surface area contributed by atoms with Gasteiger partial charge in [0.1, 0.15) is 12.3 Å². The number of hydrogen-bond acceptors (Lipinski definition) is 8. The lowest BCUT2D eigenvalue weighted by molar-refractivity contribution is 0.462. The van der Waals surface area contributed by atoms with Crippen molar-refractivity contribution in [1.29, 1.82) is 0 Å². The summed E-state index contributed by atoms with van der Waals surface area (Å²) < 4.78 is 13.6. The van der Waals surface area contributed by atoms with E-state index in [0.717, 1.165) is 15.8 Å². The predicted molar refractivity (Wildman–Crippen MR) is 92.6 cm³/mol. The molecule has 4 rings (SSSR count). The number of thioether (sulfide) groups is 1. The van der Waals surface area contributed by atoms with Gasteiger partial charge in [-0.25, -0.2) is 4.68 Å². The Kier molecular flexibility index (Phi) is 4.61. The molecule has 0 aliphatic heterocycles. The minimum Gasteiger partial charge on any atom is -0.467 e. The summed E-state index contributed by atoms with van der Waals surface area (Å²) in [6, 6.07) is 11.4. The molecule has 25 heavy (non-hydrogen) atoms. The third kappa shape index (κ3) is 3.64. The molecule has 0 amide bonds. The van der Waals surface area contributed by atoms with Gasteiger partial charge in [0.15, 0.2) is 0 Å². The molecule has 0 aliphatic rings. The van der Waals surface area contributed by atoms with Crippen LogP contribution in [0.2, 0.25) is 0 Å². The molecule has 0 saturated heterocycles. The van der Waals surface area contributed by atoms with Gasteiger partial charge >= 0.3 is 0 Å². The van der Waals surface area contributed by atoms with E-state index >= 15 is 0 Å². The molecular weight excluding hydrogens is 408 g/mol. The molecule has 10 heteroatoms. The van der Waals surface area contributed by atoms with Gasteiger partial charge in [0.05, 0.1) is 17.6 Å². The van der Waals surface area contributed by atoms with Gasteiger partial charge in [0.25, 0.3) is 0 Å². The Morgan fingerprint density at radius 2 is 2.00 bits per heavy atom. The topological polar surface area (TPSA) is 95.7 Å². The lowest BCUT2D eigenvalue weighted by Crippen LogP contribution is -2.03. The van der Waals surface area contributed by atoms with E-state index in [4.69, 9.17) is 8.83 Å². The quantitative estimate of drug-likeness (QED) is 0.439. The van der Waals surface area contributed by atoms with Crippen molar-refractivity contribution in [1.82, 2.24) is 30.4 Å². The Bertz CT molecular complexity index is 968. The maximum atomic E-state index is 5.73. The molecule has 1 aromatic carbocycles. The van der Waals surface area contributed by atoms with Crippen LogP contribution in [-0.4, -0.2) is 30.4 Å². The predicted octanol–water partition coefficient (Wildman–Crippen LogP) is 3.42. The fourth-order valence-corrected chi connectivity index (χ4v) is 3.30. The fraction of sp³-hybridized carbons (Fsp3) is 0.133. The second-order valence-electron chi connectivity index (χ2n) is 4.97. The van der Waals surface area contributed by atoms with E-state index in [9.17, 15) is 0 Å². The molecule has 0 aliphatic carbocycles. The van der Waals surface area contributed by atoms with Crippen LogP contribution < -0.4 is 0 Å². The van der Waals surface area contributed by atoms with E-state index in [1.54, 1.807) is 10.9 Å². The molecule has 0 spiro atoms. The summed E-state index contributed by atoms with van der Waals surface area (Å²) in [5.41, 5.74) is 0.855. The van der Waals surface area contributed by atoms with Crippen molar-refractivity contribution in [2.75, 3.05) is 0 Å². The second kappa shape index (κ2) is 7.19. The van der Waals surface area contributed by atoms with E-state index in [0.29, 0.717) is 29.2 Å². The van der Waals surface area contributed by atoms with E-state index in [-0.39, 0.29) is 0 Å². The number of benzene rings is 1. The highest BCUT2D eigenvalue weighted by Gasteiger charge is 2.14. The van der Waals surface area contributed by atoms with E-state index in [2.05, 4.69) is 41.7 Å². The zero-order valence-electron chi connectivity index (χ0n) is 12.7. The van der Waals surface area contributed by atoms with Crippen LogP contribution in [0.1, 0.15) is 11.7 Å². The number of tetrazole rings is 1. The van der Waals surface area contributed by atoms with Gasteiger partial charge in [-0.1, -0.05) is 23.9 Å². The number of halogens is 1. The molecule has 0 radical (unpaired) electrons. The second-order valence-corrected chi connectivity index (χ2v) is 6.76. The average molecular weight is 419 g/mol. The minimum atomic E-state index is 0.467. The maximum absolute atomic E-state index is 5.73. The van der Waals surface area contributed by atoms with Crippen LogP contribution in [-0.2, 0) is 12.3 Å². The summed E-state index contributed by atoms with van der Waals surface area (Å²) >= 11 is 4.90. The van der Waals surface area contributed by atoms with Crippen molar-refractivity contribution in [2.45, 2.75) is 17.5 Å². The summed E-state index contributed by atoms with van der Waals surface area (Å²) in [5.74, 6) is 2.22. The lowest BCUT2D eigenvalue weighted by Gasteiger charge is -2.00. The van der Waals surface area contributed by atoms with Crippen LogP contribution in [0.25, 0.3) is 11.5 Å². The lowest BCUT2D eigenvalue weighted by atomic mass is 10.2. The summed E-state index contributed by atoms with van der Waals surface area (Å²) in [4.78, 5) is 0. The molecule has 0 N–H and O–H groups in total. The Morgan fingerprint density at radius 3 is 2.84 bits per heavy atom. The largest absolute Gasteiger partial charge is 0.467 e. The Balaban J connectivity index is 1.45. The summed E-state index contributed by atoms with van der Waals surface area (Å²) in [5, 5.41) is 20.5. The Hall–Kier alpha value is -2.46. The number of rotatable bonds is 6. The zero-order valence-corrected chi connectivity index (χ0v) is 15.1. The van der Waals surface area contributed by atoms with Gasteiger partial charge in [-0.05, 0) is 50.6 Å². The van der Waals surface area contributed by atoms with E-state index in [1.165, 1.54) is 11.8 Å². The van der Waals surface area contributed by atoms with Crippen LogP contribution in [0, 0.1) is 0 Å². The first kappa shape index (κ1) is 16.0. The zero-order chi connectivity index (χ0) is 17.1. The third-order valence-corrected chi connectivity index (χ3v) is 4.91. The smallest absolute Gasteiger partial charge is 0.248 e. The molecule has 0 fully saturated rings. The number of nitrogens with zero attached hydrogens (tertiary/aromatic N) is 6. The molecule has 3 heterocycles. The van der Waals surface area contributed by atoms with E-state index in [1.807, 2.05) is 36.4 Å². The summed E-state index contributed by atoms with van der Waals surface area (Å²) in [7, 11) is 0. The monoisotopic (exact) mass is 418 g/mol. The first-order valence-corrected chi connectivity index (χ1v) is 9.06. The number of hydrogen-bond donors (Lipinski definition) is 0. The molecule has 4 aromatic rings. The van der Waals surface area contributed by atoms with Crippen LogP contribution in [0.15, 0.2) is 61.1 Å². The maximum Gasteiger partial charge on any atom is 0.248 e. The molecule has 126 valence electrons. The highest BCUT2D eigenvalue weighted by molar-refractivity contribution is 9.10. The van der Waals surface area contributed by atoms with Crippen molar-refractivity contribution in [2.24, 2.45) is 0 Å². The van der Waals surface area contributed by atoms with Crippen molar-refractivity contribution < 1.29 is 8.83 Å². The highest BCUT2D eigenvalue weighted by atomic mass is 79.9. The van der Waals surface area contributed by atoms with Gasteiger partial charge in [-0.15, -0.1) is 15.3 Å². The Labute approximate surface area is 154 Å². The molecule has 0 unspecified atom stereocenters. The third-order valence-electron chi connectivity index (χ3n) is 3.28. The van der Waals surface area contributed by atoms with Crippen molar-refractivity contribution >= 4 is 27.7 Å². The summed E-state index contributed by atoms with van der Waals surface area (Å²) in [6.07, 6.45) is 1.62. The van der Waals surface area contributed by atoms with Gasteiger partial charge in [-0.3, -0.25) is 0 Å². The molecule has 0 atom stereocenters. The van der Waals surface area contributed by atoms with Crippen LogP contribution >= 0.6 is 27.7 Å². The van der Waals surface area contributed by atoms with Crippen LogP contribution in [0.3, 0.4) is 0 Å². The van der Waals surface area contributed by atoms with Gasteiger partial charge < -0.3 is 8.83 Å². The Morgan fingerprint density at radius 1 is 1.08 bits per heavy atom. The first-order valence-electron chi connectivity index (χ1n) is 7.28. The SMILES string of the molecule is Brc1ccccc1-c1nnc(CSc2nnnn2Cc2ccco2)o1. The van der Waals surface area contributed by atoms with Gasteiger partial charge in [-0.2, -0.15) is 0 Å². The number of furan rings is 1. The molecule has 3 aromatic heterocycles. The molecular formula is C15H11BrN6O2S. The average Bonchev–Trinajstić information content (AvgIpc) is 3.36. The fourth-order valence-electron chi connectivity index (χ4n) is 2.13. The molecule has 0 bridgehead atoms. The molecule has 8 nitrogen and oxygen atoms in total. The van der Waals surface area contributed by atoms with E-state index < -0.39 is 0 Å². The van der Waals surface area contributed by atoms with Crippen molar-refractivity contribution in [3.05, 3.63) is 58.8 Å². The molecule has 0 saturated carbocycles. The normalized spacial score (nSPS) is 11.1. The van der Waals surface area contributed by atoms with Gasteiger partial charge in [0.2, 0.25) is 16.9 Å². The first-order chi connectivity index (χ1) is 12.3. The summed E-state index contributed by atoms with van der Waals surface area (Å²) in [6.45, 7) is 0.467. The minimum absolute atomic E-state index is 0.467. The standard InChI is InChI=1S/C15H11BrN6O2S/c16-12-6-2-1-5-11(12)14-18-17-13(24-14)9-25-15-19-20-21-22(15)8-10-4-3-7-23-10/h1-7H,8-9H2. The number of aromatic nitrogens is 6. The van der Waals surface area contributed by atoms with Crippen molar-refractivity contribution in [3.63, 3.8) is 0 Å². The van der Waals surface area contributed by atoms with Crippen LogP contribution in [0.5, 0.6) is 0 Å². The van der Waals surface area contributed by atoms with Gasteiger partial charge in [0, 0.05) is 4.47 Å². The van der Waals surface area contributed by atoms with Crippen molar-refractivity contribution in [3.8, 4) is 11.5 Å². The van der Waals surface area contributed by atoms with Crippen LogP contribution in [0.4, 0.5) is 0 Å².